The third-order valence-electron chi connectivity index (χ3n) is 5.53. The molecule has 0 bridgehead atoms. The van der Waals surface area contributed by atoms with Gasteiger partial charge in [-0.05, 0) is 49.6 Å². The second-order valence-electron chi connectivity index (χ2n) is 8.23. The summed E-state index contributed by atoms with van der Waals surface area (Å²) in [6, 6.07) is 9.02. The molecule has 2 aromatic carbocycles. The highest BCUT2D eigenvalue weighted by Crippen LogP contribution is 2.33. The number of hydrogen-bond acceptors (Lipinski definition) is 4. The van der Waals surface area contributed by atoms with E-state index in [0.717, 1.165) is 10.6 Å². The van der Waals surface area contributed by atoms with E-state index in [1.807, 2.05) is 13.8 Å². The molecule has 1 N–H and O–H groups in total. The number of halogens is 3. The van der Waals surface area contributed by atoms with Crippen LogP contribution in [0.25, 0.3) is 0 Å². The summed E-state index contributed by atoms with van der Waals surface area (Å²) in [4.78, 5) is 27.9. The highest BCUT2D eigenvalue weighted by molar-refractivity contribution is 7.92. The fourth-order valence-electron chi connectivity index (χ4n) is 3.43. The van der Waals surface area contributed by atoms with E-state index in [1.165, 1.54) is 47.4 Å². The van der Waals surface area contributed by atoms with Crippen LogP contribution < -0.4 is 9.62 Å². The standard InChI is InChI=1S/C24H30Cl2FN3O4S/c1-5-16(3)28-24(32)20(6-2)29(14-17-10-12-18(27)13-11-17)22(31)15-30(35(4,33)34)21-9-7-8-19(25)23(21)26/h7-13,16,20H,5-6,14-15H2,1-4H3,(H,28,32)/t16-,20+/m0/s1. The first-order valence-corrected chi connectivity index (χ1v) is 13.7. The second-order valence-corrected chi connectivity index (χ2v) is 10.9. The first-order chi connectivity index (χ1) is 16.4. The number of amides is 2. The molecule has 2 atom stereocenters. The predicted molar refractivity (Wildman–Crippen MR) is 138 cm³/mol. The van der Waals surface area contributed by atoms with Gasteiger partial charge in [-0.2, -0.15) is 0 Å². The second kappa shape index (κ2) is 12.6. The Morgan fingerprint density at radius 1 is 1.06 bits per heavy atom. The molecule has 2 amide bonds. The smallest absolute Gasteiger partial charge is 0.244 e. The van der Waals surface area contributed by atoms with E-state index in [4.69, 9.17) is 23.2 Å². The topological polar surface area (TPSA) is 86.8 Å². The fourth-order valence-corrected chi connectivity index (χ4v) is 4.73. The number of sulfonamides is 1. The van der Waals surface area contributed by atoms with E-state index in [9.17, 15) is 22.4 Å². The monoisotopic (exact) mass is 545 g/mol. The lowest BCUT2D eigenvalue weighted by Gasteiger charge is -2.33. The summed E-state index contributed by atoms with van der Waals surface area (Å²) in [5, 5.41) is 3.00. The zero-order valence-corrected chi connectivity index (χ0v) is 22.4. The number of nitrogens with one attached hydrogen (secondary N) is 1. The molecular weight excluding hydrogens is 516 g/mol. The molecule has 0 saturated heterocycles. The molecule has 2 rings (SSSR count). The van der Waals surface area contributed by atoms with E-state index in [1.54, 1.807) is 6.92 Å². The third-order valence-corrected chi connectivity index (χ3v) is 7.47. The maximum atomic E-state index is 13.6. The molecule has 7 nitrogen and oxygen atoms in total. The average molecular weight is 546 g/mol. The SMILES string of the molecule is CC[C@H](C(=O)N[C@@H](C)CC)N(Cc1ccc(F)cc1)C(=O)CN(c1cccc(Cl)c1Cl)S(C)(=O)=O. The van der Waals surface area contributed by atoms with E-state index in [-0.39, 0.29) is 40.6 Å². The van der Waals surface area contributed by atoms with E-state index >= 15 is 0 Å². The molecule has 0 aliphatic carbocycles. The maximum absolute atomic E-state index is 13.6. The lowest BCUT2D eigenvalue weighted by Crippen LogP contribution is -2.53. The predicted octanol–water partition coefficient (Wildman–Crippen LogP) is 4.62. The van der Waals surface area contributed by atoms with Gasteiger partial charge in [-0.25, -0.2) is 12.8 Å². The van der Waals surface area contributed by atoms with E-state index in [2.05, 4.69) is 5.32 Å². The van der Waals surface area contributed by atoms with Crippen LogP contribution in [0.3, 0.4) is 0 Å². The summed E-state index contributed by atoms with van der Waals surface area (Å²) in [5.41, 5.74) is 0.634. The van der Waals surface area contributed by atoms with Crippen molar-refractivity contribution in [2.45, 2.75) is 52.2 Å². The Morgan fingerprint density at radius 2 is 1.69 bits per heavy atom. The molecule has 11 heteroatoms. The summed E-state index contributed by atoms with van der Waals surface area (Å²) in [6.45, 7) is 4.91. The van der Waals surface area contributed by atoms with Crippen molar-refractivity contribution in [3.8, 4) is 0 Å². The number of anilines is 1. The molecule has 0 saturated carbocycles. The number of nitrogens with zero attached hydrogens (tertiary/aromatic N) is 2. The Bertz CT molecular complexity index is 1150. The van der Waals surface area contributed by atoms with Gasteiger partial charge in [0.1, 0.15) is 18.4 Å². The normalized spacial score (nSPS) is 13.1. The minimum absolute atomic E-state index is 0.0148. The quantitative estimate of drug-likeness (QED) is 0.446. The van der Waals surface area contributed by atoms with Gasteiger partial charge in [0.2, 0.25) is 21.8 Å². The van der Waals surface area contributed by atoms with Crippen molar-refractivity contribution in [1.82, 2.24) is 10.2 Å². The van der Waals surface area contributed by atoms with Crippen molar-refractivity contribution in [3.05, 3.63) is 63.9 Å². The van der Waals surface area contributed by atoms with E-state index < -0.39 is 34.3 Å². The van der Waals surface area contributed by atoms with Crippen LogP contribution in [0.15, 0.2) is 42.5 Å². The molecule has 0 radical (unpaired) electrons. The Kier molecular flexibility index (Phi) is 10.4. The highest BCUT2D eigenvalue weighted by atomic mass is 35.5. The Hall–Kier alpha value is -2.36. The molecule has 0 aliphatic heterocycles. The van der Waals surface area contributed by atoms with Crippen LogP contribution in [0.5, 0.6) is 0 Å². The molecule has 0 spiro atoms. The lowest BCUT2D eigenvalue weighted by atomic mass is 10.1. The molecule has 35 heavy (non-hydrogen) atoms. The summed E-state index contributed by atoms with van der Waals surface area (Å²) < 4.78 is 39.6. The average Bonchev–Trinajstić information content (AvgIpc) is 2.79. The summed E-state index contributed by atoms with van der Waals surface area (Å²) in [5.74, 6) is -1.42. The van der Waals surface area contributed by atoms with Gasteiger partial charge >= 0.3 is 0 Å². The van der Waals surface area contributed by atoms with Crippen molar-refractivity contribution >= 4 is 50.7 Å². The maximum Gasteiger partial charge on any atom is 0.244 e. The van der Waals surface area contributed by atoms with Gasteiger partial charge in [-0.3, -0.25) is 13.9 Å². The van der Waals surface area contributed by atoms with Crippen molar-refractivity contribution in [2.24, 2.45) is 0 Å². The molecule has 2 aromatic rings. The van der Waals surface area contributed by atoms with Gasteiger partial charge < -0.3 is 10.2 Å². The van der Waals surface area contributed by atoms with Crippen LogP contribution in [0.1, 0.15) is 39.2 Å². The van der Waals surface area contributed by atoms with Gasteiger partial charge in [0.15, 0.2) is 0 Å². The van der Waals surface area contributed by atoms with Crippen LogP contribution in [0.2, 0.25) is 10.0 Å². The van der Waals surface area contributed by atoms with Gasteiger partial charge in [0.05, 0.1) is 22.0 Å². The Labute approximate surface area is 216 Å². The largest absolute Gasteiger partial charge is 0.352 e. The first kappa shape index (κ1) is 28.9. The van der Waals surface area contributed by atoms with Crippen molar-refractivity contribution in [3.63, 3.8) is 0 Å². The molecule has 0 aromatic heterocycles. The summed E-state index contributed by atoms with van der Waals surface area (Å²) >= 11 is 12.3. The zero-order chi connectivity index (χ0) is 26.3. The number of hydrogen-bond donors (Lipinski definition) is 1. The van der Waals surface area contributed by atoms with Gasteiger partial charge in [0, 0.05) is 12.6 Å². The van der Waals surface area contributed by atoms with Crippen LogP contribution in [-0.2, 0) is 26.2 Å². The first-order valence-electron chi connectivity index (χ1n) is 11.1. The highest BCUT2D eigenvalue weighted by Gasteiger charge is 2.32. The Balaban J connectivity index is 2.47. The third kappa shape index (κ3) is 7.81. The van der Waals surface area contributed by atoms with E-state index in [0.29, 0.717) is 12.0 Å². The minimum atomic E-state index is -3.95. The number of benzene rings is 2. The Morgan fingerprint density at radius 3 is 2.23 bits per heavy atom. The molecule has 0 unspecified atom stereocenters. The van der Waals surface area contributed by atoms with Crippen LogP contribution in [0, 0.1) is 5.82 Å². The summed E-state index contributed by atoms with van der Waals surface area (Å²) in [6.07, 6.45) is 1.93. The van der Waals surface area contributed by atoms with Crippen molar-refractivity contribution in [2.75, 3.05) is 17.1 Å². The van der Waals surface area contributed by atoms with Crippen LogP contribution >= 0.6 is 23.2 Å². The minimum Gasteiger partial charge on any atom is -0.352 e. The number of rotatable bonds is 11. The zero-order valence-electron chi connectivity index (χ0n) is 20.1. The van der Waals surface area contributed by atoms with Crippen molar-refractivity contribution < 1.29 is 22.4 Å². The number of carbonyl (C=O) groups excluding carboxylic acids is 2. The van der Waals surface area contributed by atoms with Gasteiger partial charge in [-0.15, -0.1) is 0 Å². The number of carbonyl (C=O) groups is 2. The molecule has 192 valence electrons. The molecule has 0 fully saturated rings. The molecular formula is C24H30Cl2FN3O4S. The van der Waals surface area contributed by atoms with Crippen LogP contribution in [-0.4, -0.2) is 50.0 Å². The van der Waals surface area contributed by atoms with Crippen LogP contribution in [0.4, 0.5) is 10.1 Å². The van der Waals surface area contributed by atoms with Crippen molar-refractivity contribution in [1.29, 1.82) is 0 Å². The lowest BCUT2D eigenvalue weighted by molar-refractivity contribution is -0.140. The molecule has 0 heterocycles. The van der Waals surface area contributed by atoms with Gasteiger partial charge in [0.25, 0.3) is 0 Å². The summed E-state index contributed by atoms with van der Waals surface area (Å²) in [7, 11) is -3.95. The molecule has 0 aliphatic rings. The van der Waals surface area contributed by atoms with Gasteiger partial charge in [-0.1, -0.05) is 55.2 Å². The fraction of sp³-hybridized carbons (Fsp3) is 0.417.